The van der Waals surface area contributed by atoms with Crippen LogP contribution in [0.5, 0.6) is 0 Å². The maximum Gasteiger partial charge on any atom is 0.349 e. The van der Waals surface area contributed by atoms with Crippen molar-refractivity contribution in [2.45, 2.75) is 34.2 Å². The van der Waals surface area contributed by atoms with Crippen molar-refractivity contribution in [1.29, 1.82) is 0 Å². The predicted octanol–water partition coefficient (Wildman–Crippen LogP) is 4.17. The maximum absolute atomic E-state index is 12.8. The molecule has 0 aliphatic carbocycles. The molecule has 0 saturated heterocycles. The Morgan fingerprint density at radius 2 is 2.00 bits per heavy atom. The van der Waals surface area contributed by atoms with Gasteiger partial charge in [-0.15, -0.1) is 22.7 Å². The standard InChI is InChI=1S/C22H21N3O4S2/c1-11-8-16(13(3)25(11)9-15-6-5-7-30-15)17(26)10-29-22(28)19-12(2)18-20(27)23-14(4)24-21(18)31-19/h5-8H,9-10H2,1-4H3,(H,23,24,27). The van der Waals surface area contributed by atoms with Gasteiger partial charge < -0.3 is 14.3 Å². The fraction of sp³-hybridized carbons (Fsp3) is 0.273. The van der Waals surface area contributed by atoms with Crippen LogP contribution in [-0.2, 0) is 11.3 Å². The average molecular weight is 456 g/mol. The largest absolute Gasteiger partial charge is 0.453 e. The number of aromatic amines is 1. The van der Waals surface area contributed by atoms with Crippen molar-refractivity contribution in [2.24, 2.45) is 0 Å². The van der Waals surface area contributed by atoms with Gasteiger partial charge in [-0.2, -0.15) is 0 Å². The van der Waals surface area contributed by atoms with Gasteiger partial charge in [0.1, 0.15) is 15.5 Å². The monoisotopic (exact) mass is 455 g/mol. The summed E-state index contributed by atoms with van der Waals surface area (Å²) in [4.78, 5) is 46.5. The third kappa shape index (κ3) is 3.98. The van der Waals surface area contributed by atoms with Gasteiger partial charge in [-0.05, 0) is 50.8 Å². The van der Waals surface area contributed by atoms with Gasteiger partial charge in [0.05, 0.1) is 11.9 Å². The van der Waals surface area contributed by atoms with Crippen LogP contribution in [0.15, 0.2) is 28.4 Å². The Morgan fingerprint density at radius 3 is 2.71 bits per heavy atom. The minimum Gasteiger partial charge on any atom is -0.453 e. The topological polar surface area (TPSA) is 94.0 Å². The minimum atomic E-state index is -0.627. The number of carbonyl (C=O) groups excluding carboxylic acids is 2. The Hall–Kier alpha value is -3.04. The van der Waals surface area contributed by atoms with E-state index in [1.807, 2.05) is 31.4 Å². The molecular weight excluding hydrogens is 434 g/mol. The van der Waals surface area contributed by atoms with E-state index < -0.39 is 5.97 Å². The summed E-state index contributed by atoms with van der Waals surface area (Å²) in [7, 11) is 0. The average Bonchev–Trinajstić information content (AvgIpc) is 3.41. The second-order valence-electron chi connectivity index (χ2n) is 7.34. The molecule has 0 aromatic carbocycles. The zero-order chi connectivity index (χ0) is 22.3. The van der Waals surface area contributed by atoms with Gasteiger partial charge in [0, 0.05) is 21.8 Å². The van der Waals surface area contributed by atoms with Crippen molar-refractivity contribution in [3.63, 3.8) is 0 Å². The number of fused-ring (bicyclic) bond motifs is 1. The number of rotatable bonds is 6. The van der Waals surface area contributed by atoms with E-state index in [1.165, 1.54) is 4.88 Å². The summed E-state index contributed by atoms with van der Waals surface area (Å²) in [6, 6.07) is 5.89. The highest BCUT2D eigenvalue weighted by Crippen LogP contribution is 2.28. The number of hydrogen-bond donors (Lipinski definition) is 1. The van der Waals surface area contributed by atoms with E-state index >= 15 is 0 Å². The van der Waals surface area contributed by atoms with Gasteiger partial charge in [-0.1, -0.05) is 6.07 Å². The summed E-state index contributed by atoms with van der Waals surface area (Å²) < 4.78 is 7.39. The summed E-state index contributed by atoms with van der Waals surface area (Å²) in [6.45, 7) is 7.55. The van der Waals surface area contributed by atoms with Crippen LogP contribution < -0.4 is 5.56 Å². The molecule has 4 aromatic rings. The van der Waals surface area contributed by atoms with Crippen LogP contribution in [0.4, 0.5) is 0 Å². The lowest BCUT2D eigenvalue weighted by atomic mass is 10.1. The van der Waals surface area contributed by atoms with Crippen molar-refractivity contribution in [1.82, 2.24) is 14.5 Å². The van der Waals surface area contributed by atoms with E-state index in [-0.39, 0.29) is 22.8 Å². The van der Waals surface area contributed by atoms with Crippen molar-refractivity contribution >= 4 is 44.6 Å². The Labute approximate surface area is 186 Å². The first-order valence-corrected chi connectivity index (χ1v) is 11.3. The van der Waals surface area contributed by atoms with E-state index in [2.05, 4.69) is 20.6 Å². The number of ketones is 1. The third-order valence-corrected chi connectivity index (χ3v) is 7.23. The molecule has 0 bridgehead atoms. The summed E-state index contributed by atoms with van der Waals surface area (Å²) in [6.07, 6.45) is 0. The van der Waals surface area contributed by atoms with Gasteiger partial charge in [0.15, 0.2) is 6.61 Å². The highest BCUT2D eigenvalue weighted by molar-refractivity contribution is 7.20. The number of thiophene rings is 2. The lowest BCUT2D eigenvalue weighted by Gasteiger charge is -2.08. The number of carbonyl (C=O) groups is 2. The molecule has 31 heavy (non-hydrogen) atoms. The number of ether oxygens (including phenoxy) is 1. The van der Waals surface area contributed by atoms with Crippen LogP contribution in [0.1, 0.15) is 47.7 Å². The molecule has 0 amide bonds. The number of aryl methyl sites for hydroxylation is 3. The molecule has 4 heterocycles. The number of hydrogen-bond acceptors (Lipinski definition) is 7. The molecule has 0 aliphatic heterocycles. The first-order chi connectivity index (χ1) is 14.8. The number of Topliss-reactive ketones (excluding diaryl/α,β-unsaturated/α-hetero) is 1. The number of nitrogens with zero attached hydrogens (tertiary/aromatic N) is 2. The number of esters is 1. The Bertz CT molecular complexity index is 1360. The first-order valence-electron chi connectivity index (χ1n) is 9.65. The Morgan fingerprint density at radius 1 is 1.23 bits per heavy atom. The first kappa shape index (κ1) is 21.2. The molecule has 0 fully saturated rings. The number of aromatic nitrogens is 3. The molecule has 0 saturated carbocycles. The van der Waals surface area contributed by atoms with E-state index in [1.54, 1.807) is 25.2 Å². The quantitative estimate of drug-likeness (QED) is 0.348. The maximum atomic E-state index is 12.8. The lowest BCUT2D eigenvalue weighted by molar-refractivity contribution is 0.0479. The van der Waals surface area contributed by atoms with Crippen LogP contribution >= 0.6 is 22.7 Å². The van der Waals surface area contributed by atoms with Gasteiger partial charge in [-0.25, -0.2) is 9.78 Å². The summed E-state index contributed by atoms with van der Waals surface area (Å²) in [5.74, 6) is -0.408. The van der Waals surface area contributed by atoms with E-state index in [4.69, 9.17) is 4.74 Å². The molecular formula is C22H21N3O4S2. The Balaban J connectivity index is 1.51. The van der Waals surface area contributed by atoms with Crippen LogP contribution in [0.2, 0.25) is 0 Å². The molecule has 0 spiro atoms. The SMILES string of the molecule is Cc1nc2sc(C(=O)OCC(=O)c3cc(C)n(Cc4cccs4)c3C)c(C)c2c(=O)[nH]1. The van der Waals surface area contributed by atoms with E-state index in [9.17, 15) is 14.4 Å². The highest BCUT2D eigenvalue weighted by Gasteiger charge is 2.22. The van der Waals surface area contributed by atoms with Crippen LogP contribution in [-0.4, -0.2) is 32.9 Å². The predicted molar refractivity (Wildman–Crippen MR) is 122 cm³/mol. The second kappa shape index (κ2) is 8.24. The van der Waals surface area contributed by atoms with Crippen LogP contribution in [0.25, 0.3) is 10.2 Å². The molecule has 9 heteroatoms. The molecule has 0 radical (unpaired) electrons. The highest BCUT2D eigenvalue weighted by atomic mass is 32.1. The van der Waals surface area contributed by atoms with Crippen molar-refractivity contribution in [3.8, 4) is 0 Å². The van der Waals surface area contributed by atoms with Gasteiger partial charge >= 0.3 is 5.97 Å². The van der Waals surface area contributed by atoms with Crippen LogP contribution in [0.3, 0.4) is 0 Å². The third-order valence-electron chi connectivity index (χ3n) is 5.21. The van der Waals surface area contributed by atoms with Crippen molar-refractivity contribution < 1.29 is 14.3 Å². The van der Waals surface area contributed by atoms with Crippen LogP contribution in [0, 0.1) is 27.7 Å². The lowest BCUT2D eigenvalue weighted by Crippen LogP contribution is -2.15. The number of H-pyrrole nitrogens is 1. The van der Waals surface area contributed by atoms with E-state index in [0.29, 0.717) is 33.7 Å². The van der Waals surface area contributed by atoms with Crippen molar-refractivity contribution in [3.05, 3.63) is 72.0 Å². The Kier molecular flexibility index (Phi) is 5.63. The zero-order valence-corrected chi connectivity index (χ0v) is 19.2. The normalized spacial score (nSPS) is 11.2. The summed E-state index contributed by atoms with van der Waals surface area (Å²) in [5.41, 5.74) is 2.59. The summed E-state index contributed by atoms with van der Waals surface area (Å²) >= 11 is 2.77. The van der Waals surface area contributed by atoms with Gasteiger partial charge in [0.25, 0.3) is 5.56 Å². The molecule has 4 aromatic heterocycles. The molecule has 160 valence electrons. The smallest absolute Gasteiger partial charge is 0.349 e. The second-order valence-corrected chi connectivity index (χ2v) is 9.37. The van der Waals surface area contributed by atoms with Gasteiger partial charge in [0.2, 0.25) is 5.78 Å². The van der Waals surface area contributed by atoms with Gasteiger partial charge in [-0.3, -0.25) is 9.59 Å². The fourth-order valence-electron chi connectivity index (χ4n) is 3.61. The molecule has 0 atom stereocenters. The number of nitrogens with one attached hydrogen (secondary N) is 1. The molecule has 0 unspecified atom stereocenters. The van der Waals surface area contributed by atoms with Crippen molar-refractivity contribution in [2.75, 3.05) is 6.61 Å². The zero-order valence-electron chi connectivity index (χ0n) is 17.6. The molecule has 4 rings (SSSR count). The fourth-order valence-corrected chi connectivity index (χ4v) is 5.42. The summed E-state index contributed by atoms with van der Waals surface area (Å²) in [5, 5.41) is 2.40. The molecule has 1 N–H and O–H groups in total. The minimum absolute atomic E-state index is 0.260. The molecule has 7 nitrogen and oxygen atoms in total. The molecule has 0 aliphatic rings. The van der Waals surface area contributed by atoms with E-state index in [0.717, 1.165) is 22.7 Å².